The van der Waals surface area contributed by atoms with Crippen LogP contribution in [0, 0.1) is 0 Å². The first-order valence-electron chi connectivity index (χ1n) is 7.78. The zero-order chi connectivity index (χ0) is 17.3. The molecular weight excluding hydrogens is 326 g/mol. The second-order valence-corrected chi connectivity index (χ2v) is 6.42. The molecule has 1 amide bonds. The smallest absolute Gasteiger partial charge is 0.257 e. The zero-order valence-corrected chi connectivity index (χ0v) is 14.5. The third-order valence-electron chi connectivity index (χ3n) is 3.89. The van der Waals surface area contributed by atoms with Crippen molar-refractivity contribution in [2.75, 3.05) is 0 Å². The molecule has 2 heterocycles. The fourth-order valence-corrected chi connectivity index (χ4v) is 2.87. The lowest BCUT2D eigenvalue weighted by Gasteiger charge is -2.15. The lowest BCUT2D eigenvalue weighted by atomic mass is 10.1. The molecule has 3 aromatic rings. The zero-order valence-electron chi connectivity index (χ0n) is 13.7. The number of aromatic nitrogens is 2. The van der Waals surface area contributed by atoms with Crippen molar-refractivity contribution in [3.8, 4) is 0 Å². The number of carbonyl (C=O) groups excluding carboxylic acids is 1. The summed E-state index contributed by atoms with van der Waals surface area (Å²) in [6, 6.07) is 9.00. The number of hydrogen-bond acceptors (Lipinski definition) is 4. The second kappa shape index (κ2) is 6.61. The molecule has 0 aliphatic heterocycles. The molecule has 1 N–H and O–H groups in total. The van der Waals surface area contributed by atoms with Crippen molar-refractivity contribution >= 4 is 28.6 Å². The molecule has 0 radical (unpaired) electrons. The Balaban J connectivity index is 1.86. The Bertz CT molecular complexity index is 889. The van der Waals surface area contributed by atoms with E-state index < -0.39 is 0 Å². The number of nitrogens with one attached hydrogen (secondary N) is 1. The Hall–Kier alpha value is -2.40. The number of hydrogen-bond donors (Lipinski definition) is 1. The monoisotopic (exact) mass is 343 g/mol. The lowest BCUT2D eigenvalue weighted by Crippen LogP contribution is -2.26. The van der Waals surface area contributed by atoms with Gasteiger partial charge >= 0.3 is 0 Å². The minimum atomic E-state index is -0.215. The summed E-state index contributed by atoms with van der Waals surface area (Å²) in [5, 5.41) is 8.36. The summed E-state index contributed by atoms with van der Waals surface area (Å²) in [5.41, 5.74) is 2.57. The third kappa shape index (κ3) is 3.12. The van der Waals surface area contributed by atoms with Crippen molar-refractivity contribution in [2.24, 2.45) is 0 Å². The van der Waals surface area contributed by atoms with E-state index in [0.717, 1.165) is 16.6 Å². The van der Waals surface area contributed by atoms with Crippen LogP contribution in [0.1, 0.15) is 54.3 Å². The van der Waals surface area contributed by atoms with Gasteiger partial charge in [0.2, 0.25) is 0 Å². The van der Waals surface area contributed by atoms with Crippen molar-refractivity contribution in [1.29, 1.82) is 0 Å². The number of pyridine rings is 1. The van der Waals surface area contributed by atoms with Crippen LogP contribution in [0.4, 0.5) is 0 Å². The van der Waals surface area contributed by atoms with E-state index in [2.05, 4.69) is 15.5 Å². The van der Waals surface area contributed by atoms with Crippen molar-refractivity contribution in [3.05, 3.63) is 58.4 Å². The fraction of sp³-hybridized carbons (Fsp3) is 0.278. The van der Waals surface area contributed by atoms with Gasteiger partial charge in [0.1, 0.15) is 0 Å². The molecule has 1 atom stereocenters. The van der Waals surface area contributed by atoms with Crippen molar-refractivity contribution in [3.63, 3.8) is 0 Å². The number of amides is 1. The van der Waals surface area contributed by atoms with Crippen LogP contribution >= 0.6 is 11.6 Å². The molecule has 0 aliphatic carbocycles. The van der Waals surface area contributed by atoms with Crippen LogP contribution in [0.5, 0.6) is 0 Å². The highest BCUT2D eigenvalue weighted by Crippen LogP contribution is 2.25. The van der Waals surface area contributed by atoms with E-state index in [0.29, 0.717) is 16.3 Å². The van der Waals surface area contributed by atoms with Crippen LogP contribution in [0.3, 0.4) is 0 Å². The van der Waals surface area contributed by atoms with E-state index in [1.165, 1.54) is 6.20 Å². The molecule has 2 aromatic heterocycles. The van der Waals surface area contributed by atoms with E-state index in [1.807, 2.05) is 39.0 Å². The Morgan fingerprint density at radius 1 is 1.25 bits per heavy atom. The SMILES string of the molecule is CC(C)c1noc2ncc(C(=O)NC(C)c3ccccc3Cl)cc12. The lowest BCUT2D eigenvalue weighted by molar-refractivity contribution is 0.0939. The largest absolute Gasteiger partial charge is 0.345 e. The fourth-order valence-electron chi connectivity index (χ4n) is 2.57. The topological polar surface area (TPSA) is 68.0 Å². The predicted octanol–water partition coefficient (Wildman–Crippen LogP) is 4.49. The molecule has 3 rings (SSSR count). The van der Waals surface area contributed by atoms with Crippen molar-refractivity contribution < 1.29 is 9.32 Å². The van der Waals surface area contributed by atoms with Gasteiger partial charge in [-0.05, 0) is 30.5 Å². The van der Waals surface area contributed by atoms with Crippen LogP contribution in [-0.2, 0) is 0 Å². The Morgan fingerprint density at radius 2 is 2.00 bits per heavy atom. The molecule has 0 spiro atoms. The Kier molecular flexibility index (Phi) is 4.53. The standard InChI is InChI=1S/C18H18ClN3O2/c1-10(2)16-14-8-12(9-20-18(14)24-22-16)17(23)21-11(3)13-6-4-5-7-15(13)19/h4-11H,1-3H3,(H,21,23). The first-order valence-corrected chi connectivity index (χ1v) is 8.15. The van der Waals surface area contributed by atoms with Gasteiger partial charge < -0.3 is 9.84 Å². The highest BCUT2D eigenvalue weighted by molar-refractivity contribution is 6.31. The highest BCUT2D eigenvalue weighted by atomic mass is 35.5. The number of carbonyl (C=O) groups is 1. The van der Waals surface area contributed by atoms with Gasteiger partial charge in [-0.25, -0.2) is 4.98 Å². The molecule has 0 fully saturated rings. The highest BCUT2D eigenvalue weighted by Gasteiger charge is 2.18. The minimum Gasteiger partial charge on any atom is -0.345 e. The molecule has 0 saturated heterocycles. The maximum Gasteiger partial charge on any atom is 0.257 e. The van der Waals surface area contributed by atoms with Crippen LogP contribution in [0.15, 0.2) is 41.1 Å². The van der Waals surface area contributed by atoms with Gasteiger partial charge in [-0.2, -0.15) is 0 Å². The number of rotatable bonds is 4. The normalized spacial score (nSPS) is 12.5. The Labute approximate surface area is 145 Å². The number of halogens is 1. The van der Waals surface area contributed by atoms with E-state index >= 15 is 0 Å². The molecule has 0 bridgehead atoms. The van der Waals surface area contributed by atoms with Gasteiger partial charge in [0.05, 0.1) is 22.7 Å². The average Bonchev–Trinajstić information content (AvgIpc) is 2.98. The summed E-state index contributed by atoms with van der Waals surface area (Å²) < 4.78 is 5.20. The van der Waals surface area contributed by atoms with Gasteiger partial charge in [0.15, 0.2) is 0 Å². The van der Waals surface area contributed by atoms with Gasteiger partial charge in [-0.1, -0.05) is 48.8 Å². The van der Waals surface area contributed by atoms with Crippen LogP contribution in [0.2, 0.25) is 5.02 Å². The number of fused-ring (bicyclic) bond motifs is 1. The summed E-state index contributed by atoms with van der Waals surface area (Å²) in [7, 11) is 0. The summed E-state index contributed by atoms with van der Waals surface area (Å²) in [5.74, 6) is -0.0267. The first kappa shape index (κ1) is 16.5. The quantitative estimate of drug-likeness (QED) is 0.757. The average molecular weight is 344 g/mol. The summed E-state index contributed by atoms with van der Waals surface area (Å²) in [6.07, 6.45) is 1.49. The summed E-state index contributed by atoms with van der Waals surface area (Å²) in [4.78, 5) is 16.7. The predicted molar refractivity (Wildman–Crippen MR) is 93.2 cm³/mol. The molecular formula is C18H18ClN3O2. The first-order chi connectivity index (χ1) is 11.5. The molecule has 5 nitrogen and oxygen atoms in total. The third-order valence-corrected chi connectivity index (χ3v) is 4.23. The van der Waals surface area contributed by atoms with Gasteiger partial charge in [0.25, 0.3) is 11.6 Å². The van der Waals surface area contributed by atoms with E-state index in [4.69, 9.17) is 16.1 Å². The van der Waals surface area contributed by atoms with E-state index in [1.54, 1.807) is 12.1 Å². The molecule has 1 aromatic carbocycles. The summed E-state index contributed by atoms with van der Waals surface area (Å²) in [6.45, 7) is 5.93. The summed E-state index contributed by atoms with van der Waals surface area (Å²) >= 11 is 6.18. The van der Waals surface area contributed by atoms with Crippen LogP contribution < -0.4 is 5.32 Å². The molecule has 6 heteroatoms. The Morgan fingerprint density at radius 3 is 2.71 bits per heavy atom. The maximum atomic E-state index is 12.5. The van der Waals surface area contributed by atoms with Gasteiger partial charge in [0, 0.05) is 11.2 Å². The van der Waals surface area contributed by atoms with Gasteiger partial charge in [-0.3, -0.25) is 4.79 Å². The minimum absolute atomic E-state index is 0.188. The molecule has 1 unspecified atom stereocenters. The molecule has 0 saturated carbocycles. The molecule has 24 heavy (non-hydrogen) atoms. The molecule has 0 aliphatic rings. The van der Waals surface area contributed by atoms with Crippen LogP contribution in [0.25, 0.3) is 11.1 Å². The van der Waals surface area contributed by atoms with Gasteiger partial charge in [-0.15, -0.1) is 0 Å². The molecule has 124 valence electrons. The van der Waals surface area contributed by atoms with E-state index in [-0.39, 0.29) is 17.9 Å². The van der Waals surface area contributed by atoms with E-state index in [9.17, 15) is 4.79 Å². The number of nitrogens with zero attached hydrogens (tertiary/aromatic N) is 2. The second-order valence-electron chi connectivity index (χ2n) is 6.02. The number of benzene rings is 1. The van der Waals surface area contributed by atoms with Crippen molar-refractivity contribution in [2.45, 2.75) is 32.7 Å². The van der Waals surface area contributed by atoms with Crippen molar-refractivity contribution in [1.82, 2.24) is 15.5 Å². The maximum absolute atomic E-state index is 12.5. The van der Waals surface area contributed by atoms with Crippen LogP contribution in [-0.4, -0.2) is 16.0 Å².